The Morgan fingerprint density at radius 1 is 1.24 bits per heavy atom. The fourth-order valence-electron chi connectivity index (χ4n) is 2.07. The van der Waals surface area contributed by atoms with Crippen molar-refractivity contribution in [3.05, 3.63) is 42.1 Å². The van der Waals surface area contributed by atoms with Gasteiger partial charge < -0.3 is 5.73 Å². The van der Waals surface area contributed by atoms with Crippen LogP contribution in [-0.2, 0) is 4.79 Å². The Morgan fingerprint density at radius 3 is 2.95 bits per heavy atom. The molecular formula is C16H20N4O. The molecule has 2 rings (SSSR count). The van der Waals surface area contributed by atoms with Crippen molar-refractivity contribution < 1.29 is 4.79 Å². The van der Waals surface area contributed by atoms with Crippen LogP contribution in [0.25, 0.3) is 10.9 Å². The molecular weight excluding hydrogens is 264 g/mol. The Hall–Kier alpha value is -2.27. The molecule has 0 aliphatic carbocycles. The lowest BCUT2D eigenvalue weighted by Gasteiger charge is -2.01. The van der Waals surface area contributed by atoms with Crippen molar-refractivity contribution in [1.82, 2.24) is 10.4 Å². The number of fused-ring (bicyclic) bond motifs is 1. The van der Waals surface area contributed by atoms with Crippen LogP contribution in [0.2, 0.25) is 0 Å². The standard InChI is InChI=1S/C16H20N4O/c17-10-3-1-2-9-15(21)20-19-12-14-7-4-6-13-8-5-11-18-16(13)14/h4-8,11-12H,1-3,9-10,17H2,(H,20,21). The summed E-state index contributed by atoms with van der Waals surface area (Å²) in [5.41, 5.74) is 9.71. The normalized spacial score (nSPS) is 11.1. The third-order valence-corrected chi connectivity index (χ3v) is 3.16. The average molecular weight is 284 g/mol. The second-order valence-electron chi connectivity index (χ2n) is 4.81. The van der Waals surface area contributed by atoms with E-state index in [-0.39, 0.29) is 5.91 Å². The highest BCUT2D eigenvalue weighted by Crippen LogP contribution is 2.13. The van der Waals surface area contributed by atoms with E-state index in [1.807, 2.05) is 30.3 Å². The van der Waals surface area contributed by atoms with Gasteiger partial charge in [-0.3, -0.25) is 9.78 Å². The van der Waals surface area contributed by atoms with Crippen molar-refractivity contribution in [1.29, 1.82) is 0 Å². The summed E-state index contributed by atoms with van der Waals surface area (Å²) in [5.74, 6) is -0.0727. The Kier molecular flexibility index (Phi) is 5.84. The summed E-state index contributed by atoms with van der Waals surface area (Å²) >= 11 is 0. The van der Waals surface area contributed by atoms with Gasteiger partial charge in [-0.25, -0.2) is 5.43 Å². The fourth-order valence-corrected chi connectivity index (χ4v) is 2.07. The molecule has 1 aromatic heterocycles. The van der Waals surface area contributed by atoms with E-state index in [1.165, 1.54) is 0 Å². The van der Waals surface area contributed by atoms with Crippen LogP contribution in [-0.4, -0.2) is 23.7 Å². The molecule has 3 N–H and O–H groups in total. The van der Waals surface area contributed by atoms with Crippen LogP contribution in [0.4, 0.5) is 0 Å². The minimum Gasteiger partial charge on any atom is -0.330 e. The van der Waals surface area contributed by atoms with E-state index in [0.29, 0.717) is 13.0 Å². The third-order valence-electron chi connectivity index (χ3n) is 3.16. The summed E-state index contributed by atoms with van der Waals surface area (Å²) in [4.78, 5) is 15.9. The molecule has 5 heteroatoms. The van der Waals surface area contributed by atoms with Gasteiger partial charge in [-0.05, 0) is 25.5 Å². The predicted molar refractivity (Wildman–Crippen MR) is 85.0 cm³/mol. The van der Waals surface area contributed by atoms with Gasteiger partial charge in [0.1, 0.15) is 0 Å². The molecule has 1 aromatic carbocycles. The number of nitrogens with one attached hydrogen (secondary N) is 1. The third kappa shape index (κ3) is 4.65. The van der Waals surface area contributed by atoms with Gasteiger partial charge in [0.15, 0.2) is 0 Å². The van der Waals surface area contributed by atoms with Gasteiger partial charge in [-0.1, -0.05) is 30.7 Å². The zero-order valence-electron chi connectivity index (χ0n) is 12.0. The highest BCUT2D eigenvalue weighted by molar-refractivity contribution is 5.97. The van der Waals surface area contributed by atoms with Gasteiger partial charge in [0.25, 0.3) is 0 Å². The Bertz CT molecular complexity index is 619. The summed E-state index contributed by atoms with van der Waals surface area (Å²) in [6.07, 6.45) is 6.63. The first-order valence-electron chi connectivity index (χ1n) is 7.17. The zero-order chi connectivity index (χ0) is 14.9. The molecule has 2 aromatic rings. The van der Waals surface area contributed by atoms with Crippen LogP contribution in [0.15, 0.2) is 41.6 Å². The lowest BCUT2D eigenvalue weighted by molar-refractivity contribution is -0.121. The molecule has 110 valence electrons. The van der Waals surface area contributed by atoms with E-state index in [0.717, 1.165) is 35.7 Å². The number of amides is 1. The molecule has 0 bridgehead atoms. The molecule has 0 unspecified atom stereocenters. The van der Waals surface area contributed by atoms with Crippen molar-refractivity contribution >= 4 is 23.0 Å². The zero-order valence-corrected chi connectivity index (χ0v) is 12.0. The SMILES string of the molecule is NCCCCCC(=O)NN=Cc1cccc2cccnc12. The van der Waals surface area contributed by atoms with Gasteiger partial charge in [0.05, 0.1) is 11.7 Å². The van der Waals surface area contributed by atoms with Crippen LogP contribution < -0.4 is 11.2 Å². The first kappa shape index (κ1) is 15.1. The lowest BCUT2D eigenvalue weighted by Crippen LogP contribution is -2.17. The molecule has 0 radical (unpaired) electrons. The van der Waals surface area contributed by atoms with Crippen LogP contribution in [0.1, 0.15) is 31.2 Å². The number of aromatic nitrogens is 1. The topological polar surface area (TPSA) is 80.4 Å². The maximum atomic E-state index is 11.6. The molecule has 1 heterocycles. The minimum absolute atomic E-state index is 0.0727. The number of hydrogen-bond acceptors (Lipinski definition) is 4. The number of rotatable bonds is 7. The number of pyridine rings is 1. The summed E-state index contributed by atoms with van der Waals surface area (Å²) in [6, 6.07) is 9.75. The Labute approximate surface area is 124 Å². The molecule has 0 fully saturated rings. The molecule has 0 saturated carbocycles. The number of hydrazone groups is 1. The second kappa shape index (κ2) is 8.11. The summed E-state index contributed by atoms with van der Waals surface area (Å²) in [5, 5.41) is 5.05. The molecule has 21 heavy (non-hydrogen) atoms. The van der Waals surface area contributed by atoms with Crippen molar-refractivity contribution in [3.63, 3.8) is 0 Å². The summed E-state index contributed by atoms with van der Waals surface area (Å²) < 4.78 is 0. The first-order valence-corrected chi connectivity index (χ1v) is 7.17. The number of benzene rings is 1. The van der Waals surface area contributed by atoms with Crippen LogP contribution >= 0.6 is 0 Å². The molecule has 0 saturated heterocycles. The second-order valence-corrected chi connectivity index (χ2v) is 4.81. The quantitative estimate of drug-likeness (QED) is 0.464. The predicted octanol–water partition coefficient (Wildman–Crippen LogP) is 2.20. The number of carbonyl (C=O) groups excluding carboxylic acids is 1. The average Bonchev–Trinajstić information content (AvgIpc) is 2.52. The maximum Gasteiger partial charge on any atom is 0.240 e. The van der Waals surface area contributed by atoms with Crippen molar-refractivity contribution in [2.75, 3.05) is 6.54 Å². The van der Waals surface area contributed by atoms with Crippen LogP contribution in [0.5, 0.6) is 0 Å². The van der Waals surface area contributed by atoms with Gasteiger partial charge >= 0.3 is 0 Å². The largest absolute Gasteiger partial charge is 0.330 e. The van der Waals surface area contributed by atoms with Crippen LogP contribution in [0.3, 0.4) is 0 Å². The van der Waals surface area contributed by atoms with Gasteiger partial charge in [-0.15, -0.1) is 0 Å². The smallest absolute Gasteiger partial charge is 0.240 e. The number of carbonyl (C=O) groups is 1. The summed E-state index contributed by atoms with van der Waals surface area (Å²) in [7, 11) is 0. The van der Waals surface area contributed by atoms with E-state index < -0.39 is 0 Å². The lowest BCUT2D eigenvalue weighted by atomic mass is 10.1. The molecule has 5 nitrogen and oxygen atoms in total. The Morgan fingerprint density at radius 2 is 2.10 bits per heavy atom. The molecule has 0 atom stereocenters. The number of unbranched alkanes of at least 4 members (excludes halogenated alkanes) is 2. The van der Waals surface area contributed by atoms with E-state index in [2.05, 4.69) is 15.5 Å². The first-order chi connectivity index (χ1) is 10.3. The monoisotopic (exact) mass is 284 g/mol. The molecule has 0 aliphatic rings. The highest BCUT2D eigenvalue weighted by atomic mass is 16.2. The fraction of sp³-hybridized carbons (Fsp3) is 0.312. The van der Waals surface area contributed by atoms with Gasteiger partial charge in [-0.2, -0.15) is 5.10 Å². The number of nitrogens with zero attached hydrogens (tertiary/aromatic N) is 2. The number of nitrogens with two attached hydrogens (primary N) is 1. The van der Waals surface area contributed by atoms with Crippen molar-refractivity contribution in [2.45, 2.75) is 25.7 Å². The maximum absolute atomic E-state index is 11.6. The number of hydrogen-bond donors (Lipinski definition) is 2. The van der Waals surface area contributed by atoms with Crippen molar-refractivity contribution in [2.24, 2.45) is 10.8 Å². The van der Waals surface area contributed by atoms with Gasteiger partial charge in [0, 0.05) is 23.6 Å². The summed E-state index contributed by atoms with van der Waals surface area (Å²) in [6.45, 7) is 0.674. The number of para-hydroxylation sites is 1. The van der Waals surface area contributed by atoms with E-state index in [1.54, 1.807) is 12.4 Å². The molecule has 0 spiro atoms. The van der Waals surface area contributed by atoms with Crippen LogP contribution in [0, 0.1) is 0 Å². The highest BCUT2D eigenvalue weighted by Gasteiger charge is 2.00. The van der Waals surface area contributed by atoms with E-state index in [9.17, 15) is 4.79 Å². The van der Waals surface area contributed by atoms with Crippen molar-refractivity contribution in [3.8, 4) is 0 Å². The Balaban J connectivity index is 1.90. The molecule has 0 aliphatic heterocycles. The van der Waals surface area contributed by atoms with E-state index in [4.69, 9.17) is 5.73 Å². The molecule has 1 amide bonds. The minimum atomic E-state index is -0.0727. The van der Waals surface area contributed by atoms with E-state index >= 15 is 0 Å². The van der Waals surface area contributed by atoms with Gasteiger partial charge in [0.2, 0.25) is 5.91 Å².